The third kappa shape index (κ3) is 4.17. The van der Waals surface area contributed by atoms with Crippen LogP contribution in [-0.2, 0) is 9.53 Å². The molecule has 0 unspecified atom stereocenters. The van der Waals surface area contributed by atoms with Crippen LogP contribution in [0.4, 0.5) is 0 Å². The minimum absolute atomic E-state index is 0.0322. The number of ketones is 1. The molecule has 166 valence electrons. The van der Waals surface area contributed by atoms with E-state index in [0.717, 1.165) is 11.3 Å². The van der Waals surface area contributed by atoms with Gasteiger partial charge in [-0.15, -0.1) is 0 Å². The second-order valence-electron chi connectivity index (χ2n) is 8.53. The number of Topliss-reactive ketones (excluding diaryl/α,β-unsaturated/α-hetero) is 1. The van der Waals surface area contributed by atoms with Gasteiger partial charge >= 0.3 is 0 Å². The third-order valence-corrected chi connectivity index (χ3v) is 6.38. The van der Waals surface area contributed by atoms with Gasteiger partial charge in [-0.2, -0.15) is 5.26 Å². The molecule has 1 aliphatic heterocycles. The first-order valence-electron chi connectivity index (χ1n) is 10.0. The van der Waals surface area contributed by atoms with Crippen molar-refractivity contribution in [3.63, 3.8) is 0 Å². The van der Waals surface area contributed by atoms with Gasteiger partial charge in [-0.25, -0.2) is 0 Å². The maximum absolute atomic E-state index is 13.4. The Hall–Kier alpha value is -2.50. The normalized spacial score (nSPS) is 20.5. The predicted octanol–water partition coefficient (Wildman–Crippen LogP) is 3.85. The van der Waals surface area contributed by atoms with E-state index in [1.165, 1.54) is 0 Å². The summed E-state index contributed by atoms with van der Waals surface area (Å²) in [5.41, 5.74) is 8.91. The Balaban J connectivity index is 2.27. The molecule has 0 aromatic heterocycles. The van der Waals surface area contributed by atoms with Gasteiger partial charge in [-0.05, 0) is 45.5 Å². The van der Waals surface area contributed by atoms with Gasteiger partial charge in [0.15, 0.2) is 17.3 Å². The number of rotatable bonds is 6. The van der Waals surface area contributed by atoms with E-state index in [9.17, 15) is 10.1 Å². The van der Waals surface area contributed by atoms with Crippen molar-refractivity contribution in [2.45, 2.75) is 32.6 Å². The van der Waals surface area contributed by atoms with Gasteiger partial charge in [0, 0.05) is 31.3 Å². The molecule has 0 bridgehead atoms. The number of ether oxygens (including phenoxy) is 3. The minimum Gasteiger partial charge on any atom is -0.493 e. The summed E-state index contributed by atoms with van der Waals surface area (Å²) in [6.45, 7) is 5.05. The Morgan fingerprint density at radius 3 is 2.55 bits per heavy atom. The van der Waals surface area contributed by atoms with Crippen LogP contribution in [0.2, 0.25) is 0 Å². The predicted molar refractivity (Wildman–Crippen MR) is 120 cm³/mol. The molecular weight excluding hydrogens is 462 g/mol. The lowest BCUT2D eigenvalue weighted by Crippen LogP contribution is -2.43. The Morgan fingerprint density at radius 2 is 1.97 bits per heavy atom. The molecule has 2 N–H and O–H groups in total. The van der Waals surface area contributed by atoms with E-state index in [1.807, 2.05) is 11.0 Å². The Bertz CT molecular complexity index is 1010. The molecule has 1 aromatic carbocycles. The molecule has 1 aliphatic carbocycles. The van der Waals surface area contributed by atoms with Gasteiger partial charge in [-0.3, -0.25) is 4.79 Å². The van der Waals surface area contributed by atoms with Gasteiger partial charge in [0.1, 0.15) is 5.82 Å². The first-order chi connectivity index (χ1) is 14.7. The second-order valence-corrected chi connectivity index (χ2v) is 9.38. The van der Waals surface area contributed by atoms with Crippen molar-refractivity contribution in [3.8, 4) is 17.6 Å². The second kappa shape index (κ2) is 8.93. The SMILES string of the molecule is COCCN1C(N)=C(C#N)[C@@H](c2cc(Br)c(OC)c(OC)c2)C2=C1CC(C)(C)CC2=O. The number of hydrogen-bond acceptors (Lipinski definition) is 7. The molecule has 1 heterocycles. The number of carbonyl (C=O) groups is 1. The van der Waals surface area contributed by atoms with Gasteiger partial charge < -0.3 is 24.8 Å². The number of benzene rings is 1. The molecule has 0 saturated carbocycles. The summed E-state index contributed by atoms with van der Waals surface area (Å²) in [6.07, 6.45) is 1.09. The standard InChI is InChI=1S/C23H28BrN3O4/c1-23(2)10-16-20(17(28)11-23)19(14(12-25)22(26)27(16)6-7-29-3)13-8-15(24)21(31-5)18(9-13)30-4/h8-9,19H,6-7,10-11,26H2,1-5H3/t19-/m1/s1. The van der Waals surface area contributed by atoms with Crippen molar-refractivity contribution in [1.82, 2.24) is 4.90 Å². The van der Waals surface area contributed by atoms with E-state index < -0.39 is 5.92 Å². The molecule has 2 aliphatic rings. The van der Waals surface area contributed by atoms with Gasteiger partial charge in [-0.1, -0.05) is 13.8 Å². The van der Waals surface area contributed by atoms with E-state index in [2.05, 4.69) is 35.8 Å². The highest BCUT2D eigenvalue weighted by molar-refractivity contribution is 9.10. The van der Waals surface area contributed by atoms with Crippen molar-refractivity contribution >= 4 is 21.7 Å². The lowest BCUT2D eigenvalue weighted by Gasteiger charge is -2.43. The highest BCUT2D eigenvalue weighted by atomic mass is 79.9. The maximum Gasteiger partial charge on any atom is 0.174 e. The quantitative estimate of drug-likeness (QED) is 0.647. The topological polar surface area (TPSA) is 97.8 Å². The van der Waals surface area contributed by atoms with Crippen LogP contribution in [0.1, 0.15) is 38.2 Å². The average Bonchev–Trinajstić information content (AvgIpc) is 2.71. The fourth-order valence-electron chi connectivity index (χ4n) is 4.45. The molecule has 1 aromatic rings. The molecule has 8 heteroatoms. The van der Waals surface area contributed by atoms with Gasteiger partial charge in [0.2, 0.25) is 0 Å². The summed E-state index contributed by atoms with van der Waals surface area (Å²) in [7, 11) is 4.72. The van der Waals surface area contributed by atoms with E-state index in [-0.39, 0.29) is 11.2 Å². The number of methoxy groups -OCH3 is 3. The number of nitrogens with zero attached hydrogens (tertiary/aromatic N) is 2. The lowest BCUT2D eigenvalue weighted by molar-refractivity contribution is -0.118. The van der Waals surface area contributed by atoms with Crippen LogP contribution >= 0.6 is 15.9 Å². The van der Waals surface area contributed by atoms with Gasteiger partial charge in [0.05, 0.1) is 42.9 Å². The molecule has 0 saturated heterocycles. The summed E-state index contributed by atoms with van der Waals surface area (Å²) in [6, 6.07) is 5.93. The molecule has 0 spiro atoms. The first kappa shape index (κ1) is 23.2. The molecule has 7 nitrogen and oxygen atoms in total. The van der Waals surface area contributed by atoms with Crippen LogP contribution in [0, 0.1) is 16.7 Å². The fourth-order valence-corrected chi connectivity index (χ4v) is 5.07. The largest absolute Gasteiger partial charge is 0.493 e. The molecule has 0 fully saturated rings. The van der Waals surface area contributed by atoms with E-state index in [4.69, 9.17) is 19.9 Å². The monoisotopic (exact) mass is 489 g/mol. The number of hydrogen-bond donors (Lipinski definition) is 1. The van der Waals surface area contributed by atoms with Crippen molar-refractivity contribution in [1.29, 1.82) is 5.26 Å². The smallest absolute Gasteiger partial charge is 0.174 e. The highest BCUT2D eigenvalue weighted by Crippen LogP contribution is 2.50. The zero-order chi connectivity index (χ0) is 22.9. The van der Waals surface area contributed by atoms with E-state index in [0.29, 0.717) is 58.9 Å². The van der Waals surface area contributed by atoms with Gasteiger partial charge in [0.25, 0.3) is 0 Å². The van der Waals surface area contributed by atoms with Crippen LogP contribution < -0.4 is 15.2 Å². The van der Waals surface area contributed by atoms with Crippen LogP contribution in [-0.4, -0.2) is 45.2 Å². The number of nitriles is 1. The molecule has 0 radical (unpaired) electrons. The number of nitrogens with two attached hydrogens (primary N) is 1. The first-order valence-corrected chi connectivity index (χ1v) is 10.8. The Morgan fingerprint density at radius 1 is 1.26 bits per heavy atom. The summed E-state index contributed by atoms with van der Waals surface area (Å²) < 4.78 is 16.9. The summed E-state index contributed by atoms with van der Waals surface area (Å²) in [5.74, 6) is 0.878. The van der Waals surface area contributed by atoms with Crippen LogP contribution in [0.3, 0.4) is 0 Å². The van der Waals surface area contributed by atoms with E-state index in [1.54, 1.807) is 27.4 Å². The number of allylic oxidation sites excluding steroid dienone is 3. The molecule has 3 rings (SSSR count). The van der Waals surface area contributed by atoms with E-state index >= 15 is 0 Å². The van der Waals surface area contributed by atoms with Crippen molar-refractivity contribution in [2.75, 3.05) is 34.5 Å². The minimum atomic E-state index is -0.571. The Labute approximate surface area is 191 Å². The summed E-state index contributed by atoms with van der Waals surface area (Å²) in [5, 5.41) is 10.1. The number of carbonyl (C=O) groups excluding carboxylic acids is 1. The molecule has 0 amide bonds. The Kier molecular flexibility index (Phi) is 6.68. The highest BCUT2D eigenvalue weighted by Gasteiger charge is 2.44. The van der Waals surface area contributed by atoms with Crippen molar-refractivity contribution < 1.29 is 19.0 Å². The zero-order valence-electron chi connectivity index (χ0n) is 18.5. The van der Waals surface area contributed by atoms with Crippen molar-refractivity contribution in [3.05, 3.63) is 44.8 Å². The number of halogens is 1. The lowest BCUT2D eigenvalue weighted by atomic mass is 9.68. The zero-order valence-corrected chi connectivity index (χ0v) is 20.1. The van der Waals surface area contributed by atoms with Crippen molar-refractivity contribution in [2.24, 2.45) is 11.1 Å². The van der Waals surface area contributed by atoms with Crippen LogP contribution in [0.5, 0.6) is 11.5 Å². The maximum atomic E-state index is 13.4. The fraction of sp³-hybridized carbons (Fsp3) is 0.478. The average molecular weight is 490 g/mol. The molecular formula is C23H28BrN3O4. The van der Waals surface area contributed by atoms with Crippen LogP contribution in [0.25, 0.3) is 0 Å². The third-order valence-electron chi connectivity index (χ3n) is 5.80. The van der Waals surface area contributed by atoms with Crippen LogP contribution in [0.15, 0.2) is 39.3 Å². The molecule has 31 heavy (non-hydrogen) atoms. The summed E-state index contributed by atoms with van der Waals surface area (Å²) in [4.78, 5) is 15.3. The molecule has 1 atom stereocenters. The summed E-state index contributed by atoms with van der Waals surface area (Å²) >= 11 is 3.53.